The lowest BCUT2D eigenvalue weighted by Gasteiger charge is -2.13. The van der Waals surface area contributed by atoms with Gasteiger partial charge < -0.3 is 4.74 Å². The highest BCUT2D eigenvalue weighted by molar-refractivity contribution is 7.92. The maximum Gasteiger partial charge on any atom is 0.264 e. The molecule has 12 heteroatoms. The van der Waals surface area contributed by atoms with Crippen LogP contribution >= 0.6 is 0 Å². The number of hydrogen-bond acceptors (Lipinski definition) is 7. The van der Waals surface area contributed by atoms with E-state index in [1.54, 1.807) is 30.3 Å². The molecular weight excluding hydrogens is 490 g/mol. The van der Waals surface area contributed by atoms with Crippen LogP contribution in [0.1, 0.15) is 0 Å². The van der Waals surface area contributed by atoms with Gasteiger partial charge in [0.25, 0.3) is 10.0 Å². The summed E-state index contributed by atoms with van der Waals surface area (Å²) in [5.74, 6) is -2.14. The van der Waals surface area contributed by atoms with Crippen molar-refractivity contribution in [3.63, 3.8) is 0 Å². The van der Waals surface area contributed by atoms with Crippen molar-refractivity contribution >= 4 is 26.7 Å². The maximum absolute atomic E-state index is 14.2. The fourth-order valence-electron chi connectivity index (χ4n) is 3.76. The van der Waals surface area contributed by atoms with Crippen LogP contribution in [0.2, 0.25) is 0 Å². The fraction of sp³-hybridized carbons (Fsp3) is 0.0833. The first-order chi connectivity index (χ1) is 17.3. The molecule has 4 aromatic heterocycles. The Morgan fingerprint density at radius 1 is 0.944 bits per heavy atom. The SMILES string of the molecule is COc1ncc(-c2cnc3c(c2)c(-c2ccncc2)nn3C)cc1NS(=O)(=O)c1ccc(F)cc1F. The molecule has 0 fully saturated rings. The number of benzene rings is 1. The number of aryl methyl sites for hydroxylation is 1. The molecular formula is C24H18F2N6O3S. The van der Waals surface area contributed by atoms with Gasteiger partial charge in [0.2, 0.25) is 5.88 Å². The third kappa shape index (κ3) is 4.22. The molecule has 0 radical (unpaired) electrons. The molecule has 0 unspecified atom stereocenters. The summed E-state index contributed by atoms with van der Waals surface area (Å²) in [6.45, 7) is 0. The molecule has 4 heterocycles. The van der Waals surface area contributed by atoms with Crippen LogP contribution in [0.25, 0.3) is 33.4 Å². The van der Waals surface area contributed by atoms with Gasteiger partial charge in [-0.25, -0.2) is 31.8 Å². The molecule has 0 saturated carbocycles. The second-order valence-electron chi connectivity index (χ2n) is 7.76. The number of rotatable bonds is 6. The molecule has 0 saturated heterocycles. The second-order valence-corrected chi connectivity index (χ2v) is 9.42. The lowest BCUT2D eigenvalue weighted by molar-refractivity contribution is 0.400. The Kier molecular flexibility index (Phi) is 5.80. The van der Waals surface area contributed by atoms with E-state index in [0.29, 0.717) is 28.5 Å². The topological polar surface area (TPSA) is 112 Å². The fourth-order valence-corrected chi connectivity index (χ4v) is 4.87. The number of pyridine rings is 3. The average Bonchev–Trinajstić information content (AvgIpc) is 3.20. The number of nitrogens with zero attached hydrogens (tertiary/aromatic N) is 5. The van der Waals surface area contributed by atoms with Gasteiger partial charge in [-0.05, 0) is 36.4 Å². The van der Waals surface area contributed by atoms with Gasteiger partial charge in [0.05, 0.1) is 7.11 Å². The minimum atomic E-state index is -4.41. The van der Waals surface area contributed by atoms with Gasteiger partial charge in [-0.1, -0.05) is 0 Å². The van der Waals surface area contributed by atoms with Crippen LogP contribution in [-0.4, -0.2) is 40.3 Å². The van der Waals surface area contributed by atoms with Crippen LogP contribution in [0.5, 0.6) is 5.88 Å². The molecule has 0 amide bonds. The molecule has 9 nitrogen and oxygen atoms in total. The van der Waals surface area contributed by atoms with Gasteiger partial charge in [-0.15, -0.1) is 0 Å². The summed E-state index contributed by atoms with van der Waals surface area (Å²) >= 11 is 0. The molecule has 0 spiro atoms. The predicted octanol–water partition coefficient (Wildman–Crippen LogP) is 4.18. The number of fused-ring (bicyclic) bond motifs is 1. The minimum absolute atomic E-state index is 0.0284. The third-order valence-electron chi connectivity index (χ3n) is 5.44. The second kappa shape index (κ2) is 8.96. The maximum atomic E-state index is 14.2. The summed E-state index contributed by atoms with van der Waals surface area (Å²) in [7, 11) is -1.30. The van der Waals surface area contributed by atoms with Gasteiger partial charge in [-0.2, -0.15) is 5.10 Å². The number of sulfonamides is 1. The third-order valence-corrected chi connectivity index (χ3v) is 6.84. The lowest BCUT2D eigenvalue weighted by atomic mass is 10.1. The Morgan fingerprint density at radius 3 is 2.39 bits per heavy atom. The van der Waals surface area contributed by atoms with Gasteiger partial charge in [0.1, 0.15) is 27.9 Å². The van der Waals surface area contributed by atoms with Crippen molar-refractivity contribution in [2.24, 2.45) is 7.05 Å². The van der Waals surface area contributed by atoms with Crippen molar-refractivity contribution in [1.29, 1.82) is 0 Å². The van der Waals surface area contributed by atoms with Crippen LogP contribution in [0.15, 0.2) is 72.1 Å². The van der Waals surface area contributed by atoms with Gasteiger partial charge in [0.15, 0.2) is 5.65 Å². The van der Waals surface area contributed by atoms with Crippen molar-refractivity contribution < 1.29 is 21.9 Å². The number of methoxy groups -OCH3 is 1. The first kappa shape index (κ1) is 23.3. The zero-order chi connectivity index (χ0) is 25.4. The summed E-state index contributed by atoms with van der Waals surface area (Å²) in [5.41, 5.74) is 3.34. The molecule has 1 aromatic carbocycles. The Bertz CT molecular complexity index is 1710. The molecule has 1 N–H and O–H groups in total. The number of nitrogens with one attached hydrogen (secondary N) is 1. The molecule has 0 aliphatic rings. The average molecular weight is 509 g/mol. The van der Waals surface area contributed by atoms with E-state index in [-0.39, 0.29) is 11.6 Å². The van der Waals surface area contributed by atoms with E-state index < -0.39 is 26.6 Å². The summed E-state index contributed by atoms with van der Waals surface area (Å²) in [4.78, 5) is 12.0. The van der Waals surface area contributed by atoms with E-state index in [2.05, 4.69) is 24.8 Å². The molecule has 5 aromatic rings. The Labute approximate surface area is 204 Å². The van der Waals surface area contributed by atoms with Crippen molar-refractivity contribution in [2.45, 2.75) is 4.90 Å². The zero-order valence-corrected chi connectivity index (χ0v) is 19.8. The molecule has 0 aliphatic carbocycles. The number of hydrogen-bond donors (Lipinski definition) is 1. The van der Waals surface area contributed by atoms with E-state index in [4.69, 9.17) is 4.74 Å². The summed E-state index contributed by atoms with van der Waals surface area (Å²) < 4.78 is 62.3. The van der Waals surface area contributed by atoms with Gasteiger partial charge >= 0.3 is 0 Å². The van der Waals surface area contributed by atoms with Crippen molar-refractivity contribution in [3.05, 3.63) is 78.9 Å². The molecule has 182 valence electrons. The van der Waals surface area contributed by atoms with Crippen LogP contribution in [-0.2, 0) is 17.1 Å². The molecule has 0 bridgehead atoms. The zero-order valence-electron chi connectivity index (χ0n) is 19.0. The van der Waals surface area contributed by atoms with Crippen molar-refractivity contribution in [2.75, 3.05) is 11.8 Å². The Morgan fingerprint density at radius 2 is 1.67 bits per heavy atom. The highest BCUT2D eigenvalue weighted by atomic mass is 32.2. The largest absolute Gasteiger partial charge is 0.480 e. The van der Waals surface area contributed by atoms with E-state index in [9.17, 15) is 17.2 Å². The summed E-state index contributed by atoms with van der Waals surface area (Å²) in [6, 6.07) is 9.24. The first-order valence-corrected chi connectivity index (χ1v) is 12.0. The summed E-state index contributed by atoms with van der Waals surface area (Å²) in [5, 5.41) is 5.34. The van der Waals surface area contributed by atoms with Gasteiger partial charge in [0, 0.05) is 60.0 Å². The Hall–Kier alpha value is -4.45. The van der Waals surface area contributed by atoms with Crippen LogP contribution in [0, 0.1) is 11.6 Å². The summed E-state index contributed by atoms with van der Waals surface area (Å²) in [6.07, 6.45) is 6.45. The smallest absolute Gasteiger partial charge is 0.264 e. The highest BCUT2D eigenvalue weighted by Gasteiger charge is 2.22. The van der Waals surface area contributed by atoms with Crippen LogP contribution in [0.4, 0.5) is 14.5 Å². The van der Waals surface area contributed by atoms with E-state index in [0.717, 1.165) is 23.1 Å². The number of aromatic nitrogens is 5. The predicted molar refractivity (Wildman–Crippen MR) is 129 cm³/mol. The standard InChI is InChI=1S/C24H18F2N6O3S/c1-32-23-18(22(30-32)14-5-7-27-8-6-14)9-15(12-28-23)16-10-20(24(35-2)29-13-16)31-36(33,34)21-4-3-17(25)11-19(21)26/h3-13,31H,1-2H3. The normalized spacial score (nSPS) is 11.6. The monoisotopic (exact) mass is 508 g/mol. The molecule has 0 aliphatic heterocycles. The van der Waals surface area contributed by atoms with Crippen LogP contribution in [0.3, 0.4) is 0 Å². The molecule has 5 rings (SSSR count). The first-order valence-electron chi connectivity index (χ1n) is 10.5. The highest BCUT2D eigenvalue weighted by Crippen LogP contribution is 2.33. The number of ether oxygens (including phenoxy) is 1. The van der Waals surface area contributed by atoms with Gasteiger partial charge in [-0.3, -0.25) is 9.71 Å². The van der Waals surface area contributed by atoms with Crippen molar-refractivity contribution in [3.8, 4) is 28.3 Å². The molecule has 0 atom stereocenters. The quantitative estimate of drug-likeness (QED) is 0.366. The number of anilines is 1. The minimum Gasteiger partial charge on any atom is -0.480 e. The van der Waals surface area contributed by atoms with Crippen LogP contribution < -0.4 is 9.46 Å². The van der Waals surface area contributed by atoms with E-state index in [1.807, 2.05) is 18.2 Å². The lowest BCUT2D eigenvalue weighted by Crippen LogP contribution is -2.15. The van der Waals surface area contributed by atoms with E-state index in [1.165, 1.54) is 19.4 Å². The van der Waals surface area contributed by atoms with E-state index >= 15 is 0 Å². The number of halogens is 2. The van der Waals surface area contributed by atoms with Crippen molar-refractivity contribution in [1.82, 2.24) is 24.7 Å². The molecule has 36 heavy (non-hydrogen) atoms. The Balaban J connectivity index is 1.58.